The topological polar surface area (TPSA) is 95.9 Å². The second kappa shape index (κ2) is 9.87. The highest BCUT2D eigenvalue weighted by atomic mass is 16.5. The number of aliphatic carboxylic acids is 1. The van der Waals surface area contributed by atoms with Crippen molar-refractivity contribution >= 4 is 18.0 Å². The number of carbonyl (C=O) groups excluding carboxylic acids is 2. The molecule has 2 aromatic rings. The van der Waals surface area contributed by atoms with E-state index in [1.54, 1.807) is 6.92 Å². The highest BCUT2D eigenvalue weighted by molar-refractivity contribution is 5.87. The lowest BCUT2D eigenvalue weighted by Gasteiger charge is -2.32. The van der Waals surface area contributed by atoms with Crippen LogP contribution in [0.25, 0.3) is 11.1 Å². The summed E-state index contributed by atoms with van der Waals surface area (Å²) in [6, 6.07) is 16.3. The van der Waals surface area contributed by atoms with Crippen molar-refractivity contribution in [1.29, 1.82) is 0 Å². The summed E-state index contributed by atoms with van der Waals surface area (Å²) in [4.78, 5) is 38.5. The first-order valence-electron chi connectivity index (χ1n) is 12.0. The number of fused-ring (bicyclic) bond motifs is 3. The normalized spacial score (nSPS) is 19.9. The Balaban J connectivity index is 1.31. The van der Waals surface area contributed by atoms with Gasteiger partial charge in [-0.1, -0.05) is 61.9 Å². The Hall–Kier alpha value is -3.35. The molecule has 180 valence electrons. The van der Waals surface area contributed by atoms with E-state index in [9.17, 15) is 19.5 Å². The molecule has 34 heavy (non-hydrogen) atoms. The maximum Gasteiger partial charge on any atom is 0.407 e. The van der Waals surface area contributed by atoms with Gasteiger partial charge in [-0.3, -0.25) is 4.79 Å². The van der Waals surface area contributed by atoms with Crippen LogP contribution in [0, 0.1) is 5.92 Å². The van der Waals surface area contributed by atoms with Crippen molar-refractivity contribution in [3.05, 3.63) is 59.7 Å². The van der Waals surface area contributed by atoms with Crippen molar-refractivity contribution < 1.29 is 24.2 Å². The molecule has 2 atom stereocenters. The van der Waals surface area contributed by atoms with Gasteiger partial charge < -0.3 is 20.1 Å². The van der Waals surface area contributed by atoms with Crippen LogP contribution in [0.15, 0.2) is 48.5 Å². The Morgan fingerprint density at radius 1 is 1.12 bits per heavy atom. The quantitative estimate of drug-likeness (QED) is 0.603. The molecule has 4 rings (SSSR count). The second-order valence-electron chi connectivity index (χ2n) is 9.41. The Kier molecular flexibility index (Phi) is 6.91. The van der Waals surface area contributed by atoms with Gasteiger partial charge >= 0.3 is 12.1 Å². The van der Waals surface area contributed by atoms with Crippen LogP contribution in [0.1, 0.15) is 56.6 Å². The molecule has 0 aromatic heterocycles. The minimum absolute atomic E-state index is 0.00874. The number of benzene rings is 2. The molecule has 0 radical (unpaired) electrons. The van der Waals surface area contributed by atoms with E-state index in [-0.39, 0.29) is 30.8 Å². The molecule has 1 aliphatic carbocycles. The fraction of sp³-hybridized carbons (Fsp3) is 0.444. The van der Waals surface area contributed by atoms with Gasteiger partial charge in [0, 0.05) is 25.4 Å². The third kappa shape index (κ3) is 4.52. The summed E-state index contributed by atoms with van der Waals surface area (Å²) < 4.78 is 5.58. The molecule has 7 heteroatoms. The summed E-state index contributed by atoms with van der Waals surface area (Å²) in [5.74, 6) is -1.25. The van der Waals surface area contributed by atoms with Gasteiger partial charge in [0.25, 0.3) is 0 Å². The standard InChI is InChI=1S/C27H32N2O5/c1-3-18(15-24(30)29-14-8-13-27(29,2)25(31)32)16-28-26(33)34-17-23-21-11-6-4-9-19(21)20-10-5-7-12-22(20)23/h4-7,9-12,18,23H,3,8,13-17H2,1-2H3,(H,28,33)(H,31,32). The number of hydrogen-bond donors (Lipinski definition) is 2. The van der Waals surface area contributed by atoms with Crippen LogP contribution in [0.5, 0.6) is 0 Å². The molecule has 7 nitrogen and oxygen atoms in total. The molecule has 0 saturated carbocycles. The first kappa shape index (κ1) is 23.8. The van der Waals surface area contributed by atoms with Gasteiger partial charge in [0.05, 0.1) is 0 Å². The number of amides is 2. The maximum absolute atomic E-state index is 12.8. The minimum atomic E-state index is -1.14. The van der Waals surface area contributed by atoms with Gasteiger partial charge in [-0.2, -0.15) is 0 Å². The third-order valence-corrected chi connectivity index (χ3v) is 7.32. The van der Waals surface area contributed by atoms with Gasteiger partial charge in [0.2, 0.25) is 5.91 Å². The highest BCUT2D eigenvalue weighted by Crippen LogP contribution is 2.44. The van der Waals surface area contributed by atoms with Crippen LogP contribution in [-0.2, 0) is 14.3 Å². The van der Waals surface area contributed by atoms with Gasteiger partial charge in [0.1, 0.15) is 12.1 Å². The number of carboxylic acid groups (broad SMARTS) is 1. The van der Waals surface area contributed by atoms with E-state index in [2.05, 4.69) is 29.6 Å². The van der Waals surface area contributed by atoms with E-state index < -0.39 is 17.6 Å². The summed E-state index contributed by atoms with van der Waals surface area (Å²) in [6.07, 6.45) is 1.52. The lowest BCUT2D eigenvalue weighted by Crippen LogP contribution is -2.51. The number of carbonyl (C=O) groups is 3. The van der Waals surface area contributed by atoms with Crippen LogP contribution < -0.4 is 5.32 Å². The molecule has 1 fully saturated rings. The summed E-state index contributed by atoms with van der Waals surface area (Å²) >= 11 is 0. The molecule has 1 saturated heterocycles. The van der Waals surface area contributed by atoms with Crippen LogP contribution >= 0.6 is 0 Å². The zero-order chi connectivity index (χ0) is 24.3. The number of likely N-dealkylation sites (tertiary alicyclic amines) is 1. The number of nitrogens with zero attached hydrogens (tertiary/aromatic N) is 1. The summed E-state index contributed by atoms with van der Waals surface area (Å²) in [7, 11) is 0. The van der Waals surface area contributed by atoms with E-state index in [0.717, 1.165) is 11.1 Å². The predicted octanol–water partition coefficient (Wildman–Crippen LogP) is 4.41. The minimum Gasteiger partial charge on any atom is -0.480 e. The van der Waals surface area contributed by atoms with Crippen molar-refractivity contribution in [3.63, 3.8) is 0 Å². The molecule has 0 spiro atoms. The smallest absolute Gasteiger partial charge is 0.407 e. The fourth-order valence-electron chi connectivity index (χ4n) is 5.18. The molecule has 2 aliphatic rings. The number of carboxylic acids is 1. The monoisotopic (exact) mass is 464 g/mol. The number of rotatable bonds is 8. The van der Waals surface area contributed by atoms with Crippen molar-refractivity contribution in [3.8, 4) is 11.1 Å². The maximum atomic E-state index is 12.8. The lowest BCUT2D eigenvalue weighted by molar-refractivity contribution is -0.155. The molecule has 0 bridgehead atoms. The lowest BCUT2D eigenvalue weighted by atomic mass is 9.96. The summed E-state index contributed by atoms with van der Waals surface area (Å²) in [5.41, 5.74) is 3.51. The van der Waals surface area contributed by atoms with Crippen LogP contribution in [0.2, 0.25) is 0 Å². The fourth-order valence-corrected chi connectivity index (χ4v) is 5.18. The Labute approximate surface area is 200 Å². The molecule has 2 aromatic carbocycles. The number of nitrogens with one attached hydrogen (secondary N) is 1. The van der Waals surface area contributed by atoms with Gasteiger partial charge in [-0.15, -0.1) is 0 Å². The average molecular weight is 465 g/mol. The van der Waals surface area contributed by atoms with Gasteiger partial charge in [-0.25, -0.2) is 9.59 Å². The first-order chi connectivity index (χ1) is 16.3. The molecule has 2 N–H and O–H groups in total. The third-order valence-electron chi connectivity index (χ3n) is 7.32. The van der Waals surface area contributed by atoms with E-state index >= 15 is 0 Å². The molecular weight excluding hydrogens is 432 g/mol. The van der Waals surface area contributed by atoms with Crippen molar-refractivity contribution in [2.45, 2.75) is 51.0 Å². The van der Waals surface area contributed by atoms with Crippen molar-refractivity contribution in [2.75, 3.05) is 19.7 Å². The van der Waals surface area contributed by atoms with Crippen LogP contribution in [0.4, 0.5) is 4.79 Å². The molecular formula is C27H32N2O5. The van der Waals surface area contributed by atoms with E-state index in [0.29, 0.717) is 32.4 Å². The first-order valence-corrected chi connectivity index (χ1v) is 12.0. The van der Waals surface area contributed by atoms with E-state index in [4.69, 9.17) is 4.74 Å². The average Bonchev–Trinajstić information content (AvgIpc) is 3.39. The predicted molar refractivity (Wildman–Crippen MR) is 128 cm³/mol. The Morgan fingerprint density at radius 3 is 2.32 bits per heavy atom. The Bertz CT molecular complexity index is 1040. The summed E-state index contributed by atoms with van der Waals surface area (Å²) in [5, 5.41) is 12.4. The van der Waals surface area contributed by atoms with Gasteiger partial charge in [0.15, 0.2) is 0 Å². The molecule has 1 heterocycles. The van der Waals surface area contributed by atoms with Crippen LogP contribution in [0.3, 0.4) is 0 Å². The van der Waals surface area contributed by atoms with E-state index in [1.807, 2.05) is 31.2 Å². The SMILES string of the molecule is CCC(CNC(=O)OCC1c2ccccc2-c2ccccc21)CC(=O)N1CCCC1(C)C(=O)O. The van der Waals surface area contributed by atoms with Gasteiger partial charge in [-0.05, 0) is 47.9 Å². The number of ether oxygens (including phenoxy) is 1. The zero-order valence-corrected chi connectivity index (χ0v) is 19.8. The van der Waals surface area contributed by atoms with Crippen molar-refractivity contribution in [2.24, 2.45) is 5.92 Å². The molecule has 1 aliphatic heterocycles. The second-order valence-corrected chi connectivity index (χ2v) is 9.41. The largest absolute Gasteiger partial charge is 0.480 e. The number of hydrogen-bond acceptors (Lipinski definition) is 4. The summed E-state index contributed by atoms with van der Waals surface area (Å²) in [6.45, 7) is 4.56. The zero-order valence-electron chi connectivity index (χ0n) is 19.8. The van der Waals surface area contributed by atoms with Crippen molar-refractivity contribution in [1.82, 2.24) is 10.2 Å². The van der Waals surface area contributed by atoms with Crippen LogP contribution in [-0.4, -0.2) is 53.2 Å². The molecule has 2 unspecified atom stereocenters. The Morgan fingerprint density at radius 2 is 1.74 bits per heavy atom. The number of alkyl carbamates (subject to hydrolysis) is 1. The highest BCUT2D eigenvalue weighted by Gasteiger charge is 2.45. The molecule has 2 amide bonds. The van der Waals surface area contributed by atoms with E-state index in [1.165, 1.54) is 16.0 Å².